The third-order valence-corrected chi connectivity index (χ3v) is 7.83. The normalized spacial score (nSPS) is 13.7. The van der Waals surface area contributed by atoms with Gasteiger partial charge in [0, 0.05) is 6.04 Å². The Kier molecular flexibility index (Phi) is 12.0. The van der Waals surface area contributed by atoms with Gasteiger partial charge in [0.25, 0.3) is 0 Å². The van der Waals surface area contributed by atoms with E-state index in [1.807, 2.05) is 48.5 Å². The molecule has 3 aromatic carbocycles. The summed E-state index contributed by atoms with van der Waals surface area (Å²) in [7, 11) is -2.94. The quantitative estimate of drug-likeness (QED) is 0.242. The molecule has 39 heavy (non-hydrogen) atoms. The molecule has 1 aliphatic carbocycles. The lowest BCUT2D eigenvalue weighted by atomic mass is 9.97. The van der Waals surface area contributed by atoms with Crippen LogP contribution in [-0.4, -0.2) is 37.4 Å². The summed E-state index contributed by atoms with van der Waals surface area (Å²) < 4.78 is 35.6. The molecule has 0 aliphatic heterocycles. The number of carbonyl (C=O) groups is 1. The van der Waals surface area contributed by atoms with Crippen LogP contribution in [0.25, 0.3) is 21.5 Å². The van der Waals surface area contributed by atoms with Crippen molar-refractivity contribution in [2.24, 2.45) is 5.92 Å². The predicted octanol–water partition coefficient (Wildman–Crippen LogP) is 7.38. The Morgan fingerprint density at radius 2 is 1.38 bits per heavy atom. The Balaban J connectivity index is 0.000000227. The third kappa shape index (κ3) is 11.3. The molecule has 0 aromatic heterocycles. The van der Waals surface area contributed by atoms with E-state index in [1.165, 1.54) is 27.1 Å². The highest BCUT2D eigenvalue weighted by atomic mass is 32.2. The van der Waals surface area contributed by atoms with Crippen LogP contribution in [0.5, 0.6) is 0 Å². The monoisotopic (exact) mass is 557 g/mol. The van der Waals surface area contributed by atoms with Crippen molar-refractivity contribution in [3.05, 3.63) is 60.2 Å². The molecule has 0 atom stereocenters. The van der Waals surface area contributed by atoms with Gasteiger partial charge in [-0.1, -0.05) is 62.4 Å². The zero-order valence-electron chi connectivity index (χ0n) is 25.1. The van der Waals surface area contributed by atoms with Crippen LogP contribution < -0.4 is 4.72 Å². The second kappa shape index (κ2) is 14.2. The number of hydrogen-bond acceptors (Lipinski definition) is 5. The van der Waals surface area contributed by atoms with Crippen molar-refractivity contribution < 1.29 is 22.7 Å². The van der Waals surface area contributed by atoms with Crippen molar-refractivity contribution in [2.45, 2.75) is 105 Å². The highest BCUT2D eigenvalue weighted by Gasteiger charge is 2.35. The number of rotatable bonds is 7. The second-order valence-corrected chi connectivity index (χ2v) is 13.9. The number of fused-ring (bicyclic) bond motifs is 2. The van der Waals surface area contributed by atoms with Crippen molar-refractivity contribution >= 4 is 37.5 Å². The standard InChI is InChI=1S/C18H18O.C8H16O2.C6H13NO2S/c1-13(2)19-12-18-16-9-5-3-7-14(16)11-15-8-4-6-10-17(15)18;1-6(2)7(9)10-8(3,4)5;1-5(2)7-10(8,9)6-3-4-6/h3-11,13H,12H2,1-2H3;6H,1-5H3;5-7H,3-4H2,1-2H3. The van der Waals surface area contributed by atoms with E-state index in [0.29, 0.717) is 6.61 Å². The molecule has 1 N–H and O–H groups in total. The zero-order valence-corrected chi connectivity index (χ0v) is 25.9. The lowest BCUT2D eigenvalue weighted by molar-refractivity contribution is -0.158. The molecule has 0 unspecified atom stereocenters. The fourth-order valence-electron chi connectivity index (χ4n) is 3.74. The molecule has 1 aliphatic rings. The molecular weight excluding hydrogens is 510 g/mol. The molecule has 1 saturated carbocycles. The van der Waals surface area contributed by atoms with E-state index < -0.39 is 10.0 Å². The number of ether oxygens (including phenoxy) is 2. The van der Waals surface area contributed by atoms with Crippen molar-refractivity contribution in [1.29, 1.82) is 0 Å². The number of hydrogen-bond donors (Lipinski definition) is 1. The van der Waals surface area contributed by atoms with Crippen LogP contribution in [0.4, 0.5) is 0 Å². The minimum absolute atomic E-state index is 0.0285. The maximum Gasteiger partial charge on any atom is 0.308 e. The summed E-state index contributed by atoms with van der Waals surface area (Å²) in [5.41, 5.74) is 0.948. The fraction of sp³-hybridized carbons (Fsp3) is 0.531. The van der Waals surface area contributed by atoms with Gasteiger partial charge in [0.2, 0.25) is 10.0 Å². The largest absolute Gasteiger partial charge is 0.460 e. The fourth-order valence-corrected chi connectivity index (χ4v) is 5.34. The molecule has 0 radical (unpaired) electrons. The van der Waals surface area contributed by atoms with Crippen LogP contribution in [0.3, 0.4) is 0 Å². The summed E-state index contributed by atoms with van der Waals surface area (Å²) in [6.07, 6.45) is 1.92. The summed E-state index contributed by atoms with van der Waals surface area (Å²) >= 11 is 0. The van der Waals surface area contributed by atoms with Crippen LogP contribution in [0, 0.1) is 5.92 Å². The smallest absolute Gasteiger partial charge is 0.308 e. The number of benzene rings is 3. The van der Waals surface area contributed by atoms with E-state index in [2.05, 4.69) is 73.2 Å². The van der Waals surface area contributed by atoms with Gasteiger partial charge < -0.3 is 9.47 Å². The van der Waals surface area contributed by atoms with Crippen molar-refractivity contribution in [3.8, 4) is 0 Å². The van der Waals surface area contributed by atoms with Gasteiger partial charge in [-0.05, 0) is 94.5 Å². The van der Waals surface area contributed by atoms with E-state index in [0.717, 1.165) is 12.8 Å². The van der Waals surface area contributed by atoms with E-state index in [9.17, 15) is 13.2 Å². The number of nitrogens with one attached hydrogen (secondary N) is 1. The average Bonchev–Trinajstić information content (AvgIpc) is 3.67. The molecule has 7 heteroatoms. The van der Waals surface area contributed by atoms with Gasteiger partial charge in [0.05, 0.1) is 23.9 Å². The van der Waals surface area contributed by atoms with Crippen molar-refractivity contribution in [3.63, 3.8) is 0 Å². The van der Waals surface area contributed by atoms with Gasteiger partial charge in [-0.3, -0.25) is 4.79 Å². The van der Waals surface area contributed by atoms with E-state index >= 15 is 0 Å². The third-order valence-electron chi connectivity index (χ3n) is 5.69. The minimum atomic E-state index is -2.94. The van der Waals surface area contributed by atoms with Crippen LogP contribution in [-0.2, 0) is 30.9 Å². The molecule has 0 bridgehead atoms. The first-order chi connectivity index (χ1) is 18.1. The molecule has 0 spiro atoms. The SMILES string of the molecule is CC(C)C(=O)OC(C)(C)C.CC(C)NS(=O)(=O)C1CC1.CC(C)OCc1c2ccccc2cc2ccccc12. The van der Waals surface area contributed by atoms with Crippen LogP contribution in [0.1, 0.15) is 80.7 Å². The van der Waals surface area contributed by atoms with Crippen LogP contribution >= 0.6 is 0 Å². The first-order valence-electron chi connectivity index (χ1n) is 13.9. The molecule has 0 heterocycles. The van der Waals surface area contributed by atoms with E-state index in [1.54, 1.807) is 0 Å². The second-order valence-electron chi connectivity index (χ2n) is 11.9. The van der Waals surface area contributed by atoms with Gasteiger partial charge in [0.1, 0.15) is 5.60 Å². The molecule has 4 rings (SSSR count). The maximum atomic E-state index is 11.1. The Bertz CT molecular complexity index is 1270. The molecule has 3 aromatic rings. The average molecular weight is 558 g/mol. The summed E-state index contributed by atoms with van der Waals surface area (Å²) in [6, 6.07) is 19.3. The summed E-state index contributed by atoms with van der Waals surface area (Å²) in [5, 5.41) is 5.06. The summed E-state index contributed by atoms with van der Waals surface area (Å²) in [4.78, 5) is 10.9. The minimum Gasteiger partial charge on any atom is -0.460 e. The highest BCUT2D eigenvalue weighted by Crippen LogP contribution is 2.29. The van der Waals surface area contributed by atoms with Gasteiger partial charge in [-0.15, -0.1) is 0 Å². The van der Waals surface area contributed by atoms with Gasteiger partial charge in [0.15, 0.2) is 0 Å². The van der Waals surface area contributed by atoms with E-state index in [-0.39, 0.29) is 34.9 Å². The molecule has 0 amide bonds. The molecule has 1 fully saturated rings. The lowest BCUT2D eigenvalue weighted by Crippen LogP contribution is -2.32. The molecule has 6 nitrogen and oxygen atoms in total. The van der Waals surface area contributed by atoms with Gasteiger partial charge in [-0.25, -0.2) is 13.1 Å². The molecule has 0 saturated heterocycles. The number of carbonyl (C=O) groups excluding carboxylic acids is 1. The number of sulfonamides is 1. The van der Waals surface area contributed by atoms with Crippen molar-refractivity contribution in [1.82, 2.24) is 4.72 Å². The summed E-state index contributed by atoms with van der Waals surface area (Å²) in [6.45, 7) is 17.7. The summed E-state index contributed by atoms with van der Waals surface area (Å²) in [5.74, 6) is -0.160. The van der Waals surface area contributed by atoms with E-state index in [4.69, 9.17) is 9.47 Å². The first kappa shape index (κ1) is 32.7. The Morgan fingerprint density at radius 3 is 1.74 bits per heavy atom. The highest BCUT2D eigenvalue weighted by molar-refractivity contribution is 7.90. The van der Waals surface area contributed by atoms with Gasteiger partial charge >= 0.3 is 5.97 Å². The Labute approximate surface area is 235 Å². The Morgan fingerprint density at radius 1 is 0.897 bits per heavy atom. The van der Waals surface area contributed by atoms with Crippen LogP contribution in [0.15, 0.2) is 54.6 Å². The zero-order chi connectivity index (χ0) is 29.4. The predicted molar refractivity (Wildman–Crippen MR) is 162 cm³/mol. The number of esters is 1. The Hall–Kier alpha value is -2.48. The molecular formula is C32H47NO5S. The topological polar surface area (TPSA) is 81.7 Å². The van der Waals surface area contributed by atoms with Crippen molar-refractivity contribution in [2.75, 3.05) is 0 Å². The maximum absolute atomic E-state index is 11.1. The first-order valence-corrected chi connectivity index (χ1v) is 15.4. The lowest BCUT2D eigenvalue weighted by Gasteiger charge is -2.20. The van der Waals surface area contributed by atoms with Gasteiger partial charge in [-0.2, -0.15) is 0 Å². The van der Waals surface area contributed by atoms with Crippen LogP contribution in [0.2, 0.25) is 0 Å². The molecule has 216 valence electrons.